The molecule has 0 bridgehead atoms. The number of aliphatic carboxylic acids is 1. The van der Waals surface area contributed by atoms with Crippen molar-refractivity contribution in [2.24, 2.45) is 5.92 Å². The van der Waals surface area contributed by atoms with Gasteiger partial charge in [0.25, 0.3) is 0 Å². The van der Waals surface area contributed by atoms with Crippen LogP contribution in [0.15, 0.2) is 74.4 Å². The first-order chi connectivity index (χ1) is 16.6. The average molecular weight is 491 g/mol. The van der Waals surface area contributed by atoms with E-state index in [0.717, 1.165) is 18.9 Å². The van der Waals surface area contributed by atoms with Gasteiger partial charge >= 0.3 is 17.9 Å². The van der Waals surface area contributed by atoms with Gasteiger partial charge < -0.3 is 19.7 Å². The van der Waals surface area contributed by atoms with Gasteiger partial charge in [-0.15, -0.1) is 0 Å². The first-order valence-electron chi connectivity index (χ1n) is 11.4. The molecule has 7 heteroatoms. The summed E-state index contributed by atoms with van der Waals surface area (Å²) >= 11 is 0. The van der Waals surface area contributed by atoms with E-state index >= 15 is 0 Å². The van der Waals surface area contributed by atoms with Gasteiger partial charge in [0.05, 0.1) is 13.2 Å². The number of carboxylic acid groups (broad SMARTS) is 1. The lowest BCUT2D eigenvalue weighted by molar-refractivity contribution is -0.140. The highest BCUT2D eigenvalue weighted by Gasteiger charge is 2.07. The number of hydrogen-bond acceptors (Lipinski definition) is 6. The van der Waals surface area contributed by atoms with Gasteiger partial charge in [-0.1, -0.05) is 95.8 Å². The van der Waals surface area contributed by atoms with E-state index in [-0.39, 0.29) is 19.2 Å². The van der Waals surface area contributed by atoms with Gasteiger partial charge in [0.1, 0.15) is 6.61 Å². The number of unbranched alkanes of at least 4 members (excludes halogenated alkanes) is 1. The Labute approximate surface area is 210 Å². The maximum absolute atomic E-state index is 10.8. The van der Waals surface area contributed by atoms with Crippen LogP contribution in [0.5, 0.6) is 0 Å². The predicted molar refractivity (Wildman–Crippen MR) is 142 cm³/mol. The summed E-state index contributed by atoms with van der Waals surface area (Å²) in [6.07, 6.45) is 8.52. The molecule has 0 saturated carbocycles. The standard InChI is InChI=1S/C11H20O2.C8H8.C6H10O3.C3H4O2/c1-4-7-8-10(5-2)9-13-11(12)6-3;1-2-8-6-4-3-5-7-8;1-5(2)6(8)9-4-3-7;1-2-3(4)5/h6,10H,3-5,7-9H2,1-2H3;2-7H,1H2;7H,1,3-4H2,2H3;2H,1H2,(H,4,5). The summed E-state index contributed by atoms with van der Waals surface area (Å²) in [6.45, 7) is 19.6. The van der Waals surface area contributed by atoms with Crippen LogP contribution in [-0.4, -0.2) is 47.9 Å². The van der Waals surface area contributed by atoms with Gasteiger partial charge in [-0.25, -0.2) is 14.4 Å². The lowest BCUT2D eigenvalue weighted by atomic mass is 10.0. The Morgan fingerprint density at radius 1 is 1.03 bits per heavy atom. The number of carbonyl (C=O) groups excluding carboxylic acids is 2. The van der Waals surface area contributed by atoms with Gasteiger partial charge in [-0.3, -0.25) is 0 Å². The molecular formula is C28H42O7. The van der Waals surface area contributed by atoms with Crippen molar-refractivity contribution in [1.82, 2.24) is 0 Å². The highest BCUT2D eigenvalue weighted by atomic mass is 16.5. The zero-order valence-electron chi connectivity index (χ0n) is 21.4. The van der Waals surface area contributed by atoms with Crippen molar-refractivity contribution in [2.45, 2.75) is 46.5 Å². The molecule has 35 heavy (non-hydrogen) atoms. The van der Waals surface area contributed by atoms with Crippen LogP contribution in [-0.2, 0) is 23.9 Å². The van der Waals surface area contributed by atoms with Crippen LogP contribution in [0.2, 0.25) is 0 Å². The normalized spacial score (nSPS) is 9.60. The second-order valence-corrected chi connectivity index (χ2v) is 7.05. The molecule has 0 heterocycles. The molecule has 7 nitrogen and oxygen atoms in total. The first-order valence-corrected chi connectivity index (χ1v) is 11.4. The molecule has 0 saturated heterocycles. The van der Waals surface area contributed by atoms with E-state index in [2.05, 4.69) is 44.9 Å². The average Bonchev–Trinajstić information content (AvgIpc) is 2.88. The van der Waals surface area contributed by atoms with Crippen molar-refractivity contribution >= 4 is 24.0 Å². The van der Waals surface area contributed by atoms with Crippen molar-refractivity contribution in [1.29, 1.82) is 0 Å². The van der Waals surface area contributed by atoms with Gasteiger partial charge in [0, 0.05) is 17.7 Å². The van der Waals surface area contributed by atoms with Crippen molar-refractivity contribution in [3.05, 3.63) is 79.9 Å². The third kappa shape index (κ3) is 28.5. The van der Waals surface area contributed by atoms with Crippen molar-refractivity contribution < 1.29 is 34.1 Å². The lowest BCUT2D eigenvalue weighted by Crippen LogP contribution is -2.12. The van der Waals surface area contributed by atoms with E-state index in [1.54, 1.807) is 6.92 Å². The molecule has 1 aromatic rings. The fraction of sp³-hybridized carbons (Fsp3) is 0.393. The van der Waals surface area contributed by atoms with E-state index in [9.17, 15) is 14.4 Å². The number of aliphatic hydroxyl groups excluding tert-OH is 1. The van der Waals surface area contributed by atoms with Crippen LogP contribution in [0.25, 0.3) is 6.08 Å². The lowest BCUT2D eigenvalue weighted by Gasteiger charge is -2.13. The molecule has 1 atom stereocenters. The van der Waals surface area contributed by atoms with E-state index in [1.165, 1.54) is 24.5 Å². The third-order valence-corrected chi connectivity index (χ3v) is 4.05. The minimum absolute atomic E-state index is 0.0473. The first kappa shape index (κ1) is 36.1. The molecule has 0 spiro atoms. The van der Waals surface area contributed by atoms with Crippen LogP contribution in [0.1, 0.15) is 52.0 Å². The predicted octanol–water partition coefficient (Wildman–Crippen LogP) is 5.62. The van der Waals surface area contributed by atoms with Crippen LogP contribution >= 0.6 is 0 Å². The van der Waals surface area contributed by atoms with Crippen molar-refractivity contribution in [3.8, 4) is 0 Å². The topological polar surface area (TPSA) is 110 Å². The van der Waals surface area contributed by atoms with Gasteiger partial charge in [-0.05, 0) is 24.8 Å². The quantitative estimate of drug-likeness (QED) is 0.289. The summed E-state index contributed by atoms with van der Waals surface area (Å²) in [6, 6.07) is 10.0. The van der Waals surface area contributed by atoms with Crippen molar-refractivity contribution in [2.75, 3.05) is 19.8 Å². The van der Waals surface area contributed by atoms with E-state index in [4.69, 9.17) is 14.9 Å². The largest absolute Gasteiger partial charge is 0.478 e. The molecule has 0 amide bonds. The Balaban J connectivity index is -0.000000410. The molecule has 1 rings (SSSR count). The van der Waals surface area contributed by atoms with Crippen LogP contribution in [0.3, 0.4) is 0 Å². The van der Waals surface area contributed by atoms with Crippen LogP contribution in [0.4, 0.5) is 0 Å². The van der Waals surface area contributed by atoms with E-state index in [1.807, 2.05) is 36.4 Å². The number of rotatable bonds is 12. The van der Waals surface area contributed by atoms with Gasteiger partial charge in [0.2, 0.25) is 0 Å². The number of benzene rings is 1. The Morgan fingerprint density at radius 2 is 1.60 bits per heavy atom. The van der Waals surface area contributed by atoms with Crippen LogP contribution in [0, 0.1) is 5.92 Å². The summed E-state index contributed by atoms with van der Waals surface area (Å²) in [5.74, 6) is -1.23. The summed E-state index contributed by atoms with van der Waals surface area (Å²) in [4.78, 5) is 30.5. The summed E-state index contributed by atoms with van der Waals surface area (Å²) in [5.41, 5.74) is 1.52. The van der Waals surface area contributed by atoms with Gasteiger partial charge in [-0.2, -0.15) is 0 Å². The Kier molecular flexibility index (Phi) is 27.7. The number of hydrogen-bond donors (Lipinski definition) is 2. The fourth-order valence-electron chi connectivity index (χ4n) is 2.01. The SMILES string of the molecule is C=C(C)C(=O)OCCO.C=CC(=O)O.C=CC(=O)OCC(CC)CCCC.C=Cc1ccccc1. The molecule has 0 aliphatic carbocycles. The zero-order valence-corrected chi connectivity index (χ0v) is 21.4. The van der Waals surface area contributed by atoms with Crippen molar-refractivity contribution in [3.63, 3.8) is 0 Å². The Hall–Kier alpha value is -3.45. The van der Waals surface area contributed by atoms with E-state index in [0.29, 0.717) is 18.1 Å². The number of esters is 2. The zero-order chi connectivity index (χ0) is 27.5. The number of carbonyl (C=O) groups is 3. The molecule has 0 aliphatic rings. The molecule has 1 aromatic carbocycles. The highest BCUT2D eigenvalue weighted by molar-refractivity contribution is 5.86. The number of carboxylic acids is 1. The Morgan fingerprint density at radius 3 is 1.94 bits per heavy atom. The summed E-state index contributed by atoms with van der Waals surface area (Å²) in [7, 11) is 0. The molecule has 2 N–H and O–H groups in total. The molecule has 0 fully saturated rings. The second kappa shape index (κ2) is 26.8. The molecule has 196 valence electrons. The number of aliphatic hydroxyl groups is 1. The Bertz CT molecular complexity index is 739. The minimum Gasteiger partial charge on any atom is -0.478 e. The molecule has 0 aliphatic heterocycles. The summed E-state index contributed by atoms with van der Waals surface area (Å²) in [5, 5.41) is 15.8. The third-order valence-electron chi connectivity index (χ3n) is 4.05. The minimum atomic E-state index is -0.981. The molecule has 0 radical (unpaired) electrons. The van der Waals surface area contributed by atoms with Gasteiger partial charge in [0.15, 0.2) is 0 Å². The monoisotopic (exact) mass is 490 g/mol. The second-order valence-electron chi connectivity index (χ2n) is 7.05. The maximum atomic E-state index is 10.8. The molecule has 0 aromatic heterocycles. The molecular weight excluding hydrogens is 448 g/mol. The smallest absolute Gasteiger partial charge is 0.333 e. The van der Waals surface area contributed by atoms with E-state index < -0.39 is 11.9 Å². The molecule has 1 unspecified atom stereocenters. The fourth-order valence-corrected chi connectivity index (χ4v) is 2.01. The summed E-state index contributed by atoms with van der Waals surface area (Å²) < 4.78 is 9.45. The number of ether oxygens (including phenoxy) is 2. The maximum Gasteiger partial charge on any atom is 0.333 e. The van der Waals surface area contributed by atoms with Crippen LogP contribution < -0.4 is 0 Å². The highest BCUT2D eigenvalue weighted by Crippen LogP contribution is 2.12.